The number of hydrogen-bond acceptors (Lipinski definition) is 7. The molecule has 0 saturated heterocycles. The highest BCUT2D eigenvalue weighted by Gasteiger charge is 2.27. The maximum atomic E-state index is 13.4. The summed E-state index contributed by atoms with van der Waals surface area (Å²) in [5, 5.41) is 14.8. The SMILES string of the molecule is CC(C)CC(NC(=O)[O-])C(=O)N(CC(=O)CNS(=O)(=O)c1ccc2oc3ccccc3c2c1)Cc1ccccc1. The van der Waals surface area contributed by atoms with Crippen LogP contribution < -0.4 is 15.1 Å². The van der Waals surface area contributed by atoms with E-state index in [1.807, 2.05) is 32.0 Å². The predicted octanol–water partition coefficient (Wildman–Crippen LogP) is 2.81. The van der Waals surface area contributed by atoms with Gasteiger partial charge in [0.15, 0.2) is 5.78 Å². The van der Waals surface area contributed by atoms with Gasteiger partial charge in [0.1, 0.15) is 23.3 Å². The molecule has 10 nitrogen and oxygen atoms in total. The summed E-state index contributed by atoms with van der Waals surface area (Å²) >= 11 is 0. The van der Waals surface area contributed by atoms with E-state index in [1.165, 1.54) is 17.0 Å². The molecular weight excluding hydrogens is 534 g/mol. The number of ketones is 1. The number of benzene rings is 3. The van der Waals surface area contributed by atoms with Gasteiger partial charge in [0.05, 0.1) is 18.0 Å². The van der Waals surface area contributed by atoms with Crippen LogP contribution in [0.25, 0.3) is 21.9 Å². The van der Waals surface area contributed by atoms with Crippen molar-refractivity contribution in [3.63, 3.8) is 0 Å². The lowest BCUT2D eigenvalue weighted by molar-refractivity contribution is -0.251. The van der Waals surface area contributed by atoms with E-state index in [2.05, 4.69) is 10.0 Å². The summed E-state index contributed by atoms with van der Waals surface area (Å²) in [7, 11) is -4.07. The molecule has 3 aromatic carbocycles. The highest BCUT2D eigenvalue weighted by Crippen LogP contribution is 2.30. The third-order valence-electron chi connectivity index (χ3n) is 6.31. The molecule has 0 saturated carbocycles. The maximum Gasteiger partial charge on any atom is 0.245 e. The van der Waals surface area contributed by atoms with Crippen LogP contribution in [0.3, 0.4) is 0 Å². The first-order valence-electron chi connectivity index (χ1n) is 12.8. The Morgan fingerprint density at radius 2 is 1.60 bits per heavy atom. The molecule has 4 rings (SSSR count). The Bertz CT molecular complexity index is 1630. The lowest BCUT2D eigenvalue weighted by Gasteiger charge is -2.29. The largest absolute Gasteiger partial charge is 0.530 e. The molecule has 0 radical (unpaired) electrons. The number of Topliss-reactive ketones (excluding diaryl/α,β-unsaturated/α-hetero) is 1. The number of para-hydroxylation sites is 1. The molecule has 0 aliphatic rings. The van der Waals surface area contributed by atoms with Crippen LogP contribution in [0.1, 0.15) is 25.8 Å². The third kappa shape index (κ3) is 7.04. The molecule has 0 aliphatic carbocycles. The van der Waals surface area contributed by atoms with Gasteiger partial charge in [-0.2, -0.15) is 0 Å². The zero-order valence-corrected chi connectivity index (χ0v) is 22.9. The average molecular weight is 565 g/mol. The Morgan fingerprint density at radius 3 is 2.30 bits per heavy atom. The number of carbonyl (C=O) groups is 3. The zero-order chi connectivity index (χ0) is 28.9. The van der Waals surface area contributed by atoms with Crippen LogP contribution in [-0.4, -0.2) is 50.2 Å². The first-order valence-corrected chi connectivity index (χ1v) is 14.2. The third-order valence-corrected chi connectivity index (χ3v) is 7.71. The molecule has 210 valence electrons. The number of amides is 2. The van der Waals surface area contributed by atoms with Crippen molar-refractivity contribution in [2.24, 2.45) is 5.92 Å². The van der Waals surface area contributed by atoms with Gasteiger partial charge in [-0.15, -0.1) is 0 Å². The van der Waals surface area contributed by atoms with Crippen molar-refractivity contribution in [1.29, 1.82) is 0 Å². The quantitative estimate of drug-likeness (QED) is 0.269. The lowest BCUT2D eigenvalue weighted by Crippen LogP contribution is -2.53. The summed E-state index contributed by atoms with van der Waals surface area (Å²) in [6, 6.07) is 19.5. The number of furan rings is 1. The number of carboxylic acid groups (broad SMARTS) is 1. The Labute approximate surface area is 232 Å². The Hall–Kier alpha value is -4.22. The Kier molecular flexibility index (Phi) is 8.86. The number of hydrogen-bond donors (Lipinski definition) is 2. The minimum Gasteiger partial charge on any atom is -0.530 e. The number of nitrogens with zero attached hydrogens (tertiary/aromatic N) is 1. The minimum atomic E-state index is -4.07. The highest BCUT2D eigenvalue weighted by molar-refractivity contribution is 7.89. The molecule has 2 N–H and O–H groups in total. The van der Waals surface area contributed by atoms with E-state index >= 15 is 0 Å². The molecule has 1 atom stereocenters. The van der Waals surface area contributed by atoms with Gasteiger partial charge in [-0.3, -0.25) is 9.59 Å². The van der Waals surface area contributed by atoms with Crippen LogP contribution in [0.15, 0.2) is 82.1 Å². The maximum absolute atomic E-state index is 13.4. The fraction of sp³-hybridized carbons (Fsp3) is 0.276. The van der Waals surface area contributed by atoms with Crippen molar-refractivity contribution >= 4 is 49.7 Å². The van der Waals surface area contributed by atoms with Crippen LogP contribution in [0.4, 0.5) is 4.79 Å². The second-order valence-electron chi connectivity index (χ2n) is 9.91. The first-order chi connectivity index (χ1) is 19.0. The molecule has 40 heavy (non-hydrogen) atoms. The summed E-state index contributed by atoms with van der Waals surface area (Å²) in [6.45, 7) is 2.72. The van der Waals surface area contributed by atoms with Crippen molar-refractivity contribution in [1.82, 2.24) is 14.9 Å². The molecular formula is C29H30N3O7S-. The lowest BCUT2D eigenvalue weighted by atomic mass is 10.0. The molecule has 4 aromatic rings. The molecule has 0 spiro atoms. The number of nitrogens with one attached hydrogen (secondary N) is 2. The van der Waals surface area contributed by atoms with Crippen LogP contribution in [0.5, 0.6) is 0 Å². The van der Waals surface area contributed by atoms with Gasteiger partial charge in [0, 0.05) is 17.3 Å². The van der Waals surface area contributed by atoms with E-state index in [0.717, 1.165) is 10.9 Å². The van der Waals surface area contributed by atoms with Crippen molar-refractivity contribution in [3.8, 4) is 0 Å². The van der Waals surface area contributed by atoms with Crippen molar-refractivity contribution in [3.05, 3.63) is 78.4 Å². The van der Waals surface area contributed by atoms with Gasteiger partial charge >= 0.3 is 0 Å². The molecule has 0 fully saturated rings. The van der Waals surface area contributed by atoms with Crippen LogP contribution >= 0.6 is 0 Å². The van der Waals surface area contributed by atoms with Crippen LogP contribution in [0, 0.1) is 5.92 Å². The molecule has 1 unspecified atom stereocenters. The van der Waals surface area contributed by atoms with E-state index in [-0.39, 0.29) is 23.8 Å². The van der Waals surface area contributed by atoms with E-state index in [1.54, 1.807) is 42.5 Å². The monoisotopic (exact) mass is 564 g/mol. The van der Waals surface area contributed by atoms with Gasteiger partial charge in [-0.05, 0) is 42.2 Å². The topological polar surface area (TPSA) is 149 Å². The van der Waals surface area contributed by atoms with Crippen molar-refractivity contribution < 1.29 is 32.3 Å². The summed E-state index contributed by atoms with van der Waals surface area (Å²) in [5.74, 6) is -1.19. The fourth-order valence-electron chi connectivity index (χ4n) is 4.47. The second kappa shape index (κ2) is 12.3. The van der Waals surface area contributed by atoms with Crippen LogP contribution in [-0.2, 0) is 26.2 Å². The van der Waals surface area contributed by atoms with Gasteiger partial charge in [0.25, 0.3) is 0 Å². The first kappa shape index (κ1) is 28.8. The van der Waals surface area contributed by atoms with Crippen LogP contribution in [0.2, 0.25) is 0 Å². The average Bonchev–Trinajstić information content (AvgIpc) is 3.29. The molecule has 1 aromatic heterocycles. The second-order valence-corrected chi connectivity index (χ2v) is 11.7. The summed E-state index contributed by atoms with van der Waals surface area (Å²) in [4.78, 5) is 38.7. The summed E-state index contributed by atoms with van der Waals surface area (Å²) in [6.07, 6.45) is -1.40. The van der Waals surface area contributed by atoms with Gasteiger partial charge in [-0.1, -0.05) is 62.4 Å². The molecule has 0 aliphatic heterocycles. The van der Waals surface area contributed by atoms with Crippen molar-refractivity contribution in [2.75, 3.05) is 13.1 Å². The summed E-state index contributed by atoms with van der Waals surface area (Å²) in [5.41, 5.74) is 1.89. The van der Waals surface area contributed by atoms with E-state index < -0.39 is 46.9 Å². The summed E-state index contributed by atoms with van der Waals surface area (Å²) < 4.78 is 34.2. The number of fused-ring (bicyclic) bond motifs is 3. The number of rotatable bonds is 12. The predicted molar refractivity (Wildman–Crippen MR) is 148 cm³/mol. The Balaban J connectivity index is 1.50. The van der Waals surface area contributed by atoms with Gasteiger partial charge in [-0.25, -0.2) is 13.1 Å². The van der Waals surface area contributed by atoms with E-state index in [4.69, 9.17) is 4.42 Å². The zero-order valence-electron chi connectivity index (χ0n) is 22.1. The molecule has 11 heteroatoms. The number of sulfonamides is 1. The van der Waals surface area contributed by atoms with Gasteiger partial charge < -0.3 is 24.5 Å². The van der Waals surface area contributed by atoms with E-state index in [9.17, 15) is 27.9 Å². The van der Waals surface area contributed by atoms with E-state index in [0.29, 0.717) is 16.6 Å². The number of carbonyl (C=O) groups excluding carboxylic acids is 3. The van der Waals surface area contributed by atoms with Crippen molar-refractivity contribution in [2.45, 2.75) is 37.8 Å². The smallest absolute Gasteiger partial charge is 0.245 e. The highest BCUT2D eigenvalue weighted by atomic mass is 32.2. The Morgan fingerprint density at radius 1 is 0.925 bits per heavy atom. The molecule has 1 heterocycles. The van der Waals surface area contributed by atoms with Gasteiger partial charge in [0.2, 0.25) is 15.9 Å². The molecule has 2 amide bonds. The fourth-order valence-corrected chi connectivity index (χ4v) is 5.51. The normalized spacial score (nSPS) is 12.5. The molecule has 0 bridgehead atoms. The standard InChI is InChI=1S/C29H31N3O7S/c1-19(2)14-25(31-29(35)36)28(34)32(17-20-8-4-3-5-9-20)18-21(33)16-30-40(37,38)22-12-13-27-24(15-22)23-10-6-7-11-26(23)39-27/h3-13,15,19,25,30-31H,14,16-18H2,1-2H3,(H,35,36)/p-1. The minimum absolute atomic E-state index is 0.0217.